The van der Waals surface area contributed by atoms with E-state index in [0.29, 0.717) is 13.0 Å². The van der Waals surface area contributed by atoms with Crippen molar-refractivity contribution in [3.8, 4) is 0 Å². The van der Waals surface area contributed by atoms with E-state index < -0.39 is 0 Å². The lowest BCUT2D eigenvalue weighted by Crippen LogP contribution is -2.29. The third-order valence-electron chi connectivity index (χ3n) is 2.19. The monoisotopic (exact) mass is 192 g/mol. The van der Waals surface area contributed by atoms with Gasteiger partial charge in [0.25, 0.3) is 0 Å². The van der Waals surface area contributed by atoms with Gasteiger partial charge >= 0.3 is 5.97 Å². The van der Waals surface area contributed by atoms with Crippen molar-refractivity contribution in [3.05, 3.63) is 24.0 Å². The fourth-order valence-corrected chi connectivity index (χ4v) is 1.55. The molecule has 1 N–H and O–H groups in total. The molecule has 0 saturated carbocycles. The van der Waals surface area contributed by atoms with Gasteiger partial charge in [-0.25, -0.2) is 4.79 Å². The molecule has 0 bridgehead atoms. The predicted octanol–water partition coefficient (Wildman–Crippen LogP) is 0.981. The Labute approximate surface area is 82.3 Å². The zero-order valence-electron chi connectivity index (χ0n) is 7.99. The topological polar surface area (TPSA) is 51.2 Å². The van der Waals surface area contributed by atoms with Crippen LogP contribution in [-0.4, -0.2) is 23.6 Å². The van der Waals surface area contributed by atoms with E-state index in [1.165, 1.54) is 0 Å². The quantitative estimate of drug-likeness (QED) is 0.710. The number of rotatable bonds is 2. The molecule has 0 saturated heterocycles. The largest absolute Gasteiger partial charge is 0.464 e. The zero-order chi connectivity index (χ0) is 9.97. The number of esters is 1. The maximum Gasteiger partial charge on any atom is 0.328 e. The van der Waals surface area contributed by atoms with Gasteiger partial charge in [-0.3, -0.25) is 4.98 Å². The molecule has 1 aromatic rings. The Morgan fingerprint density at radius 2 is 2.64 bits per heavy atom. The van der Waals surface area contributed by atoms with Crippen molar-refractivity contribution in [2.24, 2.45) is 0 Å². The smallest absolute Gasteiger partial charge is 0.328 e. The molecule has 0 spiro atoms. The molecular formula is C10H12N2O2. The van der Waals surface area contributed by atoms with Gasteiger partial charge in [0, 0.05) is 12.6 Å². The molecule has 1 unspecified atom stereocenters. The van der Waals surface area contributed by atoms with E-state index in [-0.39, 0.29) is 12.0 Å². The summed E-state index contributed by atoms with van der Waals surface area (Å²) in [7, 11) is 0. The molecule has 74 valence electrons. The summed E-state index contributed by atoms with van der Waals surface area (Å²) in [6, 6.07) is 3.50. The minimum absolute atomic E-state index is 0.203. The van der Waals surface area contributed by atoms with E-state index in [9.17, 15) is 4.79 Å². The highest BCUT2D eigenvalue weighted by Crippen LogP contribution is 2.23. The first-order chi connectivity index (χ1) is 6.81. The summed E-state index contributed by atoms with van der Waals surface area (Å²) >= 11 is 0. The maximum atomic E-state index is 11.4. The van der Waals surface area contributed by atoms with E-state index in [1.807, 2.05) is 12.1 Å². The second-order valence-corrected chi connectivity index (χ2v) is 3.15. The molecule has 2 heterocycles. The van der Waals surface area contributed by atoms with Crippen LogP contribution in [0.3, 0.4) is 0 Å². The van der Waals surface area contributed by atoms with E-state index in [1.54, 1.807) is 13.1 Å². The highest BCUT2D eigenvalue weighted by molar-refractivity contribution is 5.82. The number of nitrogens with zero attached hydrogens (tertiary/aromatic N) is 1. The van der Waals surface area contributed by atoms with Crippen molar-refractivity contribution in [1.29, 1.82) is 0 Å². The number of fused-ring (bicyclic) bond motifs is 1. The van der Waals surface area contributed by atoms with Crippen LogP contribution >= 0.6 is 0 Å². The Morgan fingerprint density at radius 3 is 3.36 bits per heavy atom. The van der Waals surface area contributed by atoms with Crippen LogP contribution in [0, 0.1) is 0 Å². The van der Waals surface area contributed by atoms with Crippen LogP contribution in [0.5, 0.6) is 0 Å². The van der Waals surface area contributed by atoms with Crippen LogP contribution in [-0.2, 0) is 16.0 Å². The van der Waals surface area contributed by atoms with Gasteiger partial charge in [-0.15, -0.1) is 0 Å². The van der Waals surface area contributed by atoms with Crippen LogP contribution in [0.25, 0.3) is 0 Å². The molecule has 14 heavy (non-hydrogen) atoms. The number of ether oxygens (including phenoxy) is 1. The molecule has 0 fully saturated rings. The number of pyridine rings is 1. The minimum Gasteiger partial charge on any atom is -0.464 e. The van der Waals surface area contributed by atoms with Gasteiger partial charge in [0.1, 0.15) is 6.04 Å². The molecule has 0 amide bonds. The van der Waals surface area contributed by atoms with Crippen LogP contribution in [0.4, 0.5) is 5.69 Å². The third kappa shape index (κ3) is 1.55. The van der Waals surface area contributed by atoms with E-state index in [4.69, 9.17) is 4.74 Å². The van der Waals surface area contributed by atoms with Gasteiger partial charge in [0.05, 0.1) is 18.0 Å². The van der Waals surface area contributed by atoms with Gasteiger partial charge < -0.3 is 10.1 Å². The second-order valence-electron chi connectivity index (χ2n) is 3.15. The third-order valence-corrected chi connectivity index (χ3v) is 2.19. The van der Waals surface area contributed by atoms with Gasteiger partial charge in [-0.1, -0.05) is 0 Å². The molecule has 0 aliphatic carbocycles. The van der Waals surface area contributed by atoms with Crippen molar-refractivity contribution in [2.45, 2.75) is 19.4 Å². The number of anilines is 1. The molecule has 1 aliphatic rings. The van der Waals surface area contributed by atoms with Crippen molar-refractivity contribution in [3.63, 3.8) is 0 Å². The average molecular weight is 192 g/mol. The van der Waals surface area contributed by atoms with Crippen LogP contribution < -0.4 is 5.32 Å². The maximum absolute atomic E-state index is 11.4. The van der Waals surface area contributed by atoms with Gasteiger partial charge in [-0.2, -0.15) is 0 Å². The molecular weight excluding hydrogens is 180 g/mol. The number of hydrogen-bond acceptors (Lipinski definition) is 4. The Hall–Kier alpha value is -1.58. The second kappa shape index (κ2) is 3.65. The normalized spacial score (nSPS) is 18.5. The predicted molar refractivity (Wildman–Crippen MR) is 52.0 cm³/mol. The molecule has 4 heteroatoms. The molecule has 2 rings (SSSR count). The lowest BCUT2D eigenvalue weighted by Gasteiger charge is -2.08. The lowest BCUT2D eigenvalue weighted by atomic mass is 10.2. The fourth-order valence-electron chi connectivity index (χ4n) is 1.55. The Kier molecular flexibility index (Phi) is 2.35. The fraction of sp³-hybridized carbons (Fsp3) is 0.400. The SMILES string of the molecule is CCOC(=O)C1Cc2ncccc2N1. The summed E-state index contributed by atoms with van der Waals surface area (Å²) in [4.78, 5) is 15.6. The first-order valence-corrected chi connectivity index (χ1v) is 4.68. The molecule has 4 nitrogen and oxygen atoms in total. The average Bonchev–Trinajstić information content (AvgIpc) is 2.61. The number of nitrogens with one attached hydrogen (secondary N) is 1. The number of aromatic nitrogens is 1. The summed E-state index contributed by atoms with van der Waals surface area (Å²) in [5.74, 6) is -0.203. The van der Waals surface area contributed by atoms with E-state index >= 15 is 0 Å². The van der Waals surface area contributed by atoms with Crippen LogP contribution in [0.2, 0.25) is 0 Å². The summed E-state index contributed by atoms with van der Waals surface area (Å²) in [6.07, 6.45) is 2.35. The first kappa shape index (κ1) is 8.99. The molecule has 1 aromatic heterocycles. The van der Waals surface area contributed by atoms with Crippen molar-refractivity contribution < 1.29 is 9.53 Å². The first-order valence-electron chi connectivity index (χ1n) is 4.68. The van der Waals surface area contributed by atoms with E-state index in [0.717, 1.165) is 11.4 Å². The zero-order valence-corrected chi connectivity index (χ0v) is 7.99. The van der Waals surface area contributed by atoms with Gasteiger partial charge in [0.2, 0.25) is 0 Å². The molecule has 1 atom stereocenters. The minimum atomic E-state index is -0.264. The molecule has 0 aromatic carbocycles. The highest BCUT2D eigenvalue weighted by atomic mass is 16.5. The molecule has 0 radical (unpaired) electrons. The Bertz CT molecular complexity index is 327. The summed E-state index contributed by atoms with van der Waals surface area (Å²) in [5, 5.41) is 3.08. The standard InChI is InChI=1S/C10H12N2O2/c1-2-14-10(13)9-6-8-7(12-9)4-3-5-11-8/h3-5,9,12H,2,6H2,1H3. The molecule has 1 aliphatic heterocycles. The van der Waals surface area contributed by atoms with Gasteiger partial charge in [0.15, 0.2) is 0 Å². The number of carbonyl (C=O) groups excluding carboxylic acids is 1. The van der Waals surface area contributed by atoms with Crippen molar-refractivity contribution >= 4 is 11.7 Å². The van der Waals surface area contributed by atoms with Gasteiger partial charge in [-0.05, 0) is 19.1 Å². The van der Waals surface area contributed by atoms with Crippen LogP contribution in [0.15, 0.2) is 18.3 Å². The highest BCUT2D eigenvalue weighted by Gasteiger charge is 2.28. The lowest BCUT2D eigenvalue weighted by molar-refractivity contribution is -0.143. The van der Waals surface area contributed by atoms with E-state index in [2.05, 4.69) is 10.3 Å². The van der Waals surface area contributed by atoms with Crippen LogP contribution in [0.1, 0.15) is 12.6 Å². The summed E-state index contributed by atoms with van der Waals surface area (Å²) in [6.45, 7) is 2.22. The van der Waals surface area contributed by atoms with Crippen molar-refractivity contribution in [1.82, 2.24) is 4.98 Å². The summed E-state index contributed by atoms with van der Waals surface area (Å²) < 4.78 is 4.93. The van der Waals surface area contributed by atoms with Crippen molar-refractivity contribution in [2.75, 3.05) is 11.9 Å². The number of carbonyl (C=O) groups is 1. The Morgan fingerprint density at radius 1 is 1.79 bits per heavy atom. The number of hydrogen-bond donors (Lipinski definition) is 1. The summed E-state index contributed by atoms with van der Waals surface area (Å²) in [5.41, 5.74) is 1.87. The Balaban J connectivity index is 2.08.